The molecule has 0 saturated carbocycles. The molecule has 0 unspecified atom stereocenters. The van der Waals surface area contributed by atoms with Gasteiger partial charge < -0.3 is 10.2 Å². The van der Waals surface area contributed by atoms with E-state index in [0.29, 0.717) is 0 Å². The van der Waals surface area contributed by atoms with E-state index in [1.165, 1.54) is 12.1 Å². The molecule has 0 saturated heterocycles. The second-order valence-corrected chi connectivity index (χ2v) is 2.53. The maximum absolute atomic E-state index is 13.1. The summed E-state index contributed by atoms with van der Waals surface area (Å²) in [6.45, 7) is 1.80. The maximum Gasteiger partial charge on any atom is 0.341 e. The minimum absolute atomic E-state index is 0. The van der Waals surface area contributed by atoms with Crippen LogP contribution < -0.4 is 5.48 Å². The molecule has 0 aromatic heterocycles. The van der Waals surface area contributed by atoms with Gasteiger partial charge in [-0.15, -0.1) is 0 Å². The molecule has 0 heterocycles. The molecule has 0 amide bonds. The monoisotopic (exact) mass is 268 g/mol. The van der Waals surface area contributed by atoms with Crippen molar-refractivity contribution in [2.75, 3.05) is 12.1 Å². The Morgan fingerprint density at radius 3 is 2.69 bits per heavy atom. The van der Waals surface area contributed by atoms with Crippen LogP contribution >= 0.6 is 0 Å². The molecule has 1 radical (unpaired) electrons. The largest absolute Gasteiger partial charge is 0.462 e. The minimum atomic E-state index is -0.748. The van der Waals surface area contributed by atoms with Crippen LogP contribution in [-0.4, -0.2) is 23.3 Å². The molecule has 16 heavy (non-hydrogen) atoms. The number of nitrogens with one attached hydrogen (secondary N) is 1. The average molecular weight is 268 g/mol. The van der Waals surface area contributed by atoms with Crippen molar-refractivity contribution in [3.8, 4) is 0 Å². The SMILES string of the molecule is CCOC(=O)c1cc(NO)ccc1F.O.[V]. The van der Waals surface area contributed by atoms with Gasteiger partial charge in [0.25, 0.3) is 0 Å². The van der Waals surface area contributed by atoms with Crippen molar-refractivity contribution in [1.29, 1.82) is 0 Å². The normalized spacial score (nSPS) is 8.44. The molecule has 5 nitrogen and oxygen atoms in total. The molecule has 7 heteroatoms. The van der Waals surface area contributed by atoms with E-state index in [1.807, 2.05) is 5.48 Å². The molecule has 4 N–H and O–H groups in total. The molecule has 0 aliphatic rings. The number of carbonyl (C=O) groups is 1. The third kappa shape index (κ3) is 4.20. The Balaban J connectivity index is 0. The number of rotatable bonds is 3. The van der Waals surface area contributed by atoms with E-state index in [9.17, 15) is 9.18 Å². The standard InChI is InChI=1S/C9H10FNO3.H2O.V/c1-2-14-9(12)7-5-6(11-13)3-4-8(7)10;;/h3-5,11,13H,2H2,1H3;1H2;. The van der Waals surface area contributed by atoms with Crippen LogP contribution in [0.3, 0.4) is 0 Å². The van der Waals surface area contributed by atoms with Crippen LogP contribution in [0, 0.1) is 5.82 Å². The summed E-state index contributed by atoms with van der Waals surface area (Å²) in [4.78, 5) is 11.2. The summed E-state index contributed by atoms with van der Waals surface area (Å²) in [6.07, 6.45) is 0. The number of halogens is 1. The molecule has 1 aromatic rings. The summed E-state index contributed by atoms with van der Waals surface area (Å²) < 4.78 is 17.7. The molecular weight excluding hydrogens is 256 g/mol. The van der Waals surface area contributed by atoms with Crippen molar-refractivity contribution < 1.29 is 43.2 Å². The number of hydrogen-bond donors (Lipinski definition) is 2. The molecule has 1 rings (SSSR count). The van der Waals surface area contributed by atoms with Gasteiger partial charge in [-0.2, -0.15) is 0 Å². The van der Waals surface area contributed by atoms with Crippen LogP contribution in [-0.2, 0) is 23.3 Å². The molecule has 89 valence electrons. The summed E-state index contributed by atoms with van der Waals surface area (Å²) in [5.41, 5.74) is 1.85. The van der Waals surface area contributed by atoms with Crippen molar-refractivity contribution >= 4 is 11.7 Å². The van der Waals surface area contributed by atoms with Gasteiger partial charge in [0.2, 0.25) is 0 Å². The van der Waals surface area contributed by atoms with Gasteiger partial charge in [0, 0.05) is 18.6 Å². The van der Waals surface area contributed by atoms with Crippen molar-refractivity contribution in [2.24, 2.45) is 0 Å². The third-order valence-corrected chi connectivity index (χ3v) is 1.59. The molecule has 0 atom stereocenters. The van der Waals surface area contributed by atoms with E-state index in [2.05, 4.69) is 4.74 Å². The van der Waals surface area contributed by atoms with Crippen LogP contribution in [0.25, 0.3) is 0 Å². The van der Waals surface area contributed by atoms with Gasteiger partial charge in [-0.3, -0.25) is 10.7 Å². The number of ether oxygens (including phenoxy) is 1. The molecule has 0 spiro atoms. The summed E-state index contributed by atoms with van der Waals surface area (Å²) in [6, 6.07) is 3.55. The van der Waals surface area contributed by atoms with E-state index in [1.54, 1.807) is 6.92 Å². The van der Waals surface area contributed by atoms with Crippen LogP contribution in [0.2, 0.25) is 0 Å². The van der Waals surface area contributed by atoms with Gasteiger partial charge in [-0.05, 0) is 25.1 Å². The third-order valence-electron chi connectivity index (χ3n) is 1.59. The minimum Gasteiger partial charge on any atom is -0.462 e. The molecule has 1 aromatic carbocycles. The van der Waals surface area contributed by atoms with E-state index >= 15 is 0 Å². The van der Waals surface area contributed by atoms with Crippen molar-refractivity contribution in [3.05, 3.63) is 29.6 Å². The zero-order valence-electron chi connectivity index (χ0n) is 8.53. The predicted octanol–water partition coefficient (Wildman–Crippen LogP) is 0.976. The molecular formula is C9H12FNO4V. The number of anilines is 1. The van der Waals surface area contributed by atoms with Crippen molar-refractivity contribution in [2.45, 2.75) is 6.92 Å². The first kappa shape index (κ1) is 17.3. The smallest absolute Gasteiger partial charge is 0.341 e. The Bertz CT molecular complexity index is 348. The van der Waals surface area contributed by atoms with Crippen LogP contribution in [0.5, 0.6) is 0 Å². The first-order valence-corrected chi connectivity index (χ1v) is 4.05. The topological polar surface area (TPSA) is 90.1 Å². The molecule has 0 fully saturated rings. The number of benzene rings is 1. The van der Waals surface area contributed by atoms with Gasteiger partial charge in [-0.1, -0.05) is 0 Å². The predicted molar refractivity (Wildman–Crippen MR) is 51.4 cm³/mol. The van der Waals surface area contributed by atoms with Crippen LogP contribution in [0.4, 0.5) is 10.1 Å². The average Bonchev–Trinajstić information content (AvgIpc) is 2.19. The van der Waals surface area contributed by atoms with Gasteiger partial charge in [0.15, 0.2) is 0 Å². The van der Waals surface area contributed by atoms with Gasteiger partial charge in [0.05, 0.1) is 17.9 Å². The van der Waals surface area contributed by atoms with Gasteiger partial charge in [-0.25, -0.2) is 9.18 Å². The van der Waals surface area contributed by atoms with Crippen molar-refractivity contribution in [1.82, 2.24) is 0 Å². The summed E-state index contributed by atoms with van der Waals surface area (Å²) >= 11 is 0. The fraction of sp³-hybridized carbons (Fsp3) is 0.222. The van der Waals surface area contributed by atoms with Crippen LogP contribution in [0.1, 0.15) is 17.3 Å². The van der Waals surface area contributed by atoms with Gasteiger partial charge >= 0.3 is 5.97 Å². The summed E-state index contributed by atoms with van der Waals surface area (Å²) in [5.74, 6) is -1.43. The Morgan fingerprint density at radius 1 is 1.56 bits per heavy atom. The molecule has 0 bridgehead atoms. The summed E-state index contributed by atoms with van der Waals surface area (Å²) in [5, 5.41) is 8.54. The Hall–Kier alpha value is -1.08. The van der Waals surface area contributed by atoms with E-state index in [0.717, 1.165) is 6.07 Å². The summed E-state index contributed by atoms with van der Waals surface area (Å²) in [7, 11) is 0. The fourth-order valence-corrected chi connectivity index (χ4v) is 0.960. The Labute approximate surface area is 104 Å². The number of esters is 1. The second-order valence-electron chi connectivity index (χ2n) is 2.53. The number of hydrogen-bond acceptors (Lipinski definition) is 4. The quantitative estimate of drug-likeness (QED) is 0.631. The Morgan fingerprint density at radius 2 is 2.19 bits per heavy atom. The Kier molecular flexibility index (Phi) is 8.79. The zero-order valence-corrected chi connectivity index (χ0v) is 9.92. The van der Waals surface area contributed by atoms with Crippen molar-refractivity contribution in [3.63, 3.8) is 0 Å². The molecule has 0 aliphatic heterocycles. The zero-order chi connectivity index (χ0) is 10.6. The molecule has 0 aliphatic carbocycles. The second kappa shape index (κ2) is 8.12. The first-order valence-electron chi connectivity index (χ1n) is 4.05. The van der Waals surface area contributed by atoms with Crippen LogP contribution in [0.15, 0.2) is 18.2 Å². The van der Waals surface area contributed by atoms with E-state index in [4.69, 9.17) is 5.21 Å². The number of carbonyl (C=O) groups excluding carboxylic acids is 1. The fourth-order valence-electron chi connectivity index (χ4n) is 0.960. The van der Waals surface area contributed by atoms with E-state index in [-0.39, 0.29) is 41.9 Å². The van der Waals surface area contributed by atoms with Gasteiger partial charge in [0.1, 0.15) is 5.82 Å². The maximum atomic E-state index is 13.1. The van der Waals surface area contributed by atoms with E-state index < -0.39 is 11.8 Å². The first-order chi connectivity index (χ1) is 6.69.